The molecule has 180 valence electrons. The highest BCUT2D eigenvalue weighted by atomic mass is 16.5. The fourth-order valence-corrected chi connectivity index (χ4v) is 12.2. The van der Waals surface area contributed by atoms with Crippen LogP contribution in [0.2, 0.25) is 0 Å². The topological polar surface area (TPSA) is 49.8 Å². The number of likely N-dealkylation sites (tertiary alicyclic amines) is 1. The third-order valence-corrected chi connectivity index (χ3v) is 13.2. The van der Waals surface area contributed by atoms with Gasteiger partial charge >= 0.3 is 0 Å². The second kappa shape index (κ2) is 6.16. The molecular weight excluding hydrogens is 410 g/mol. The van der Waals surface area contributed by atoms with Gasteiger partial charge in [-0.1, -0.05) is 19.4 Å². The van der Waals surface area contributed by atoms with E-state index in [0.717, 1.165) is 43.7 Å². The minimum absolute atomic E-state index is 0.145. The normalized spacial score (nSPS) is 60.3. The van der Waals surface area contributed by atoms with Crippen LogP contribution in [0.4, 0.5) is 0 Å². The van der Waals surface area contributed by atoms with Gasteiger partial charge in [0.05, 0.1) is 18.3 Å². The van der Waals surface area contributed by atoms with Crippen molar-refractivity contribution in [3.8, 4) is 0 Å². The molecule has 5 saturated carbocycles. The Bertz CT molecular complexity index is 961. The molecule has 2 saturated heterocycles. The van der Waals surface area contributed by atoms with Crippen LogP contribution in [0.3, 0.4) is 0 Å². The zero-order valence-corrected chi connectivity index (χ0v) is 20.5. The van der Waals surface area contributed by atoms with Crippen LogP contribution >= 0.6 is 0 Å². The Morgan fingerprint density at radius 3 is 2.88 bits per heavy atom. The molecule has 2 aliphatic heterocycles. The molecule has 3 spiro atoms. The summed E-state index contributed by atoms with van der Waals surface area (Å²) in [5.74, 6) is 4.32. The largest absolute Gasteiger partial charge is 0.395 e. The molecule has 7 fully saturated rings. The number of hydrogen-bond donors (Lipinski definition) is 1. The summed E-state index contributed by atoms with van der Waals surface area (Å²) in [6.45, 7) is 7.12. The van der Waals surface area contributed by atoms with Crippen LogP contribution in [0.15, 0.2) is 11.6 Å². The smallest absolute Gasteiger partial charge is 0.155 e. The molecule has 0 bridgehead atoms. The van der Waals surface area contributed by atoms with Gasteiger partial charge in [0.2, 0.25) is 0 Å². The van der Waals surface area contributed by atoms with Gasteiger partial charge in [0.1, 0.15) is 0 Å². The first kappa shape index (κ1) is 20.5. The molecule has 33 heavy (non-hydrogen) atoms. The van der Waals surface area contributed by atoms with Crippen molar-refractivity contribution in [1.29, 1.82) is 0 Å². The predicted octanol–water partition coefficient (Wildman–Crippen LogP) is 4.36. The maximum atomic E-state index is 12.2. The van der Waals surface area contributed by atoms with E-state index in [0.29, 0.717) is 40.6 Å². The molecular formula is C29H41NO3. The number of β-amino-alcohol motifs (C(OH)–C–C–N with tert-alkyl or cyclic N) is 1. The first-order chi connectivity index (χ1) is 15.9. The van der Waals surface area contributed by atoms with Gasteiger partial charge in [0.25, 0.3) is 0 Å². The zero-order chi connectivity index (χ0) is 22.4. The number of carbonyl (C=O) groups excluding carboxylic acids is 1. The first-order valence-corrected chi connectivity index (χ1v) is 14.1. The van der Waals surface area contributed by atoms with Crippen molar-refractivity contribution in [1.82, 2.24) is 4.90 Å². The first-order valence-electron chi connectivity index (χ1n) is 14.1. The van der Waals surface area contributed by atoms with Crippen LogP contribution < -0.4 is 0 Å². The van der Waals surface area contributed by atoms with E-state index in [4.69, 9.17) is 4.74 Å². The Morgan fingerprint density at radius 1 is 1.15 bits per heavy atom. The van der Waals surface area contributed by atoms with Gasteiger partial charge in [-0.15, -0.1) is 0 Å². The molecule has 0 aromatic carbocycles. The van der Waals surface area contributed by atoms with Crippen molar-refractivity contribution >= 4 is 5.78 Å². The van der Waals surface area contributed by atoms with E-state index in [9.17, 15) is 9.90 Å². The van der Waals surface area contributed by atoms with Crippen LogP contribution in [-0.4, -0.2) is 53.2 Å². The number of hydrogen-bond acceptors (Lipinski definition) is 4. The summed E-state index contributed by atoms with van der Waals surface area (Å²) in [6, 6.07) is 0.549. The fourth-order valence-electron chi connectivity index (χ4n) is 12.2. The third-order valence-electron chi connectivity index (χ3n) is 13.2. The molecule has 2 heterocycles. The summed E-state index contributed by atoms with van der Waals surface area (Å²) in [5.41, 5.74) is 2.93. The molecule has 0 radical (unpaired) electrons. The van der Waals surface area contributed by atoms with Crippen LogP contribution in [0.1, 0.15) is 78.1 Å². The van der Waals surface area contributed by atoms with Gasteiger partial charge in [-0.05, 0) is 98.4 Å². The number of allylic oxidation sites excluding steroid dienone is 2. The summed E-state index contributed by atoms with van der Waals surface area (Å²) in [6.07, 6.45) is 14.9. The number of fused-ring (bicyclic) bond motifs is 6. The van der Waals surface area contributed by atoms with Gasteiger partial charge < -0.3 is 9.84 Å². The van der Waals surface area contributed by atoms with E-state index in [1.807, 2.05) is 0 Å². The van der Waals surface area contributed by atoms with E-state index in [1.165, 1.54) is 56.9 Å². The lowest BCUT2D eigenvalue weighted by molar-refractivity contribution is -0.211. The summed E-state index contributed by atoms with van der Waals surface area (Å²) in [4.78, 5) is 14.8. The molecule has 1 N–H and O–H groups in total. The van der Waals surface area contributed by atoms with Crippen molar-refractivity contribution < 1.29 is 14.6 Å². The van der Waals surface area contributed by atoms with Crippen LogP contribution in [0, 0.1) is 45.8 Å². The maximum Gasteiger partial charge on any atom is 0.155 e. The summed E-state index contributed by atoms with van der Waals surface area (Å²) in [5, 5.41) is 9.75. The average molecular weight is 452 g/mol. The highest BCUT2D eigenvalue weighted by Gasteiger charge is 2.91. The minimum Gasteiger partial charge on any atom is -0.395 e. The number of carbonyl (C=O) groups is 1. The highest BCUT2D eigenvalue weighted by molar-refractivity contribution is 5.91. The summed E-state index contributed by atoms with van der Waals surface area (Å²) >= 11 is 0. The lowest BCUT2D eigenvalue weighted by Crippen LogP contribution is -2.64. The monoisotopic (exact) mass is 451 g/mol. The van der Waals surface area contributed by atoms with Crippen molar-refractivity contribution in [3.05, 3.63) is 11.6 Å². The lowest BCUT2D eigenvalue weighted by atomic mass is 9.47. The number of ketones is 1. The van der Waals surface area contributed by atoms with Gasteiger partial charge in [0, 0.05) is 36.9 Å². The summed E-state index contributed by atoms with van der Waals surface area (Å²) in [7, 11) is 0. The molecule has 4 heteroatoms. The van der Waals surface area contributed by atoms with Gasteiger partial charge in [-0.3, -0.25) is 9.69 Å². The van der Waals surface area contributed by atoms with Gasteiger partial charge in [0.15, 0.2) is 5.78 Å². The maximum absolute atomic E-state index is 12.2. The summed E-state index contributed by atoms with van der Waals surface area (Å²) < 4.78 is 7.27. The molecule has 4 nitrogen and oxygen atoms in total. The Balaban J connectivity index is 1.13. The van der Waals surface area contributed by atoms with E-state index in [-0.39, 0.29) is 17.6 Å². The Kier molecular flexibility index (Phi) is 3.82. The van der Waals surface area contributed by atoms with E-state index in [1.54, 1.807) is 0 Å². The highest BCUT2D eigenvalue weighted by Crippen LogP contribution is 2.93. The van der Waals surface area contributed by atoms with E-state index < -0.39 is 0 Å². The second-order valence-corrected chi connectivity index (χ2v) is 14.0. The molecule has 4 unspecified atom stereocenters. The molecule has 8 rings (SSSR count). The minimum atomic E-state index is 0.145. The van der Waals surface area contributed by atoms with Crippen LogP contribution in [-0.2, 0) is 9.53 Å². The van der Waals surface area contributed by atoms with Crippen molar-refractivity contribution in [2.24, 2.45) is 45.8 Å². The quantitative estimate of drug-likeness (QED) is 0.678. The molecule has 6 aliphatic carbocycles. The van der Waals surface area contributed by atoms with Gasteiger partial charge in [-0.25, -0.2) is 0 Å². The molecule has 0 amide bonds. The average Bonchev–Trinajstić information content (AvgIpc) is 3.25. The van der Waals surface area contributed by atoms with Crippen LogP contribution in [0.25, 0.3) is 0 Å². The Hall–Kier alpha value is -0.710. The molecule has 0 aromatic heterocycles. The van der Waals surface area contributed by atoms with Gasteiger partial charge in [-0.2, -0.15) is 0 Å². The van der Waals surface area contributed by atoms with Crippen molar-refractivity contribution in [3.63, 3.8) is 0 Å². The SMILES string of the molecule is C[C@H]1C[C@H]2OC34CC[C@H]5C6CCC7=CC(=O)CC[C@]7(C)[C@H]6CC56CC63C[C@@H]4[C@@H]2N(CCO)C1. The standard InChI is InChI=1S/C29H41NO3/c1-17-11-24-25(30(15-17)9-10-31)23-14-28-16-27(28)13-22-20(21(27)6-8-29(23,28)33-24)4-3-18-12-19(32)5-7-26(18,22)2/h12,17,20-25,31H,3-11,13-16H2,1-2H3/t17-,20?,21-,22-,23+,24+,25-,26-,27?,28?,29?/m0/s1. The number of ether oxygens (including phenoxy) is 1. The predicted molar refractivity (Wildman–Crippen MR) is 125 cm³/mol. The number of nitrogens with zero attached hydrogens (tertiary/aromatic N) is 1. The number of rotatable bonds is 2. The molecule has 11 atom stereocenters. The lowest BCUT2D eigenvalue weighted by Gasteiger charge is -2.60. The number of piperidine rings is 1. The molecule has 8 aliphatic rings. The number of aliphatic hydroxyl groups excluding tert-OH is 1. The molecule has 0 aromatic rings. The third kappa shape index (κ3) is 2.13. The fraction of sp³-hybridized carbons (Fsp3) is 0.897. The van der Waals surface area contributed by atoms with Crippen LogP contribution in [0.5, 0.6) is 0 Å². The van der Waals surface area contributed by atoms with Crippen molar-refractivity contribution in [2.75, 3.05) is 19.7 Å². The number of aliphatic hydroxyl groups is 1. The van der Waals surface area contributed by atoms with E-state index in [2.05, 4.69) is 24.8 Å². The van der Waals surface area contributed by atoms with Crippen molar-refractivity contribution in [2.45, 2.75) is 95.8 Å². The second-order valence-electron chi connectivity index (χ2n) is 14.0. The van der Waals surface area contributed by atoms with E-state index >= 15 is 0 Å². The Morgan fingerprint density at radius 2 is 2.03 bits per heavy atom. The Labute approximate surface area is 198 Å². The zero-order valence-electron chi connectivity index (χ0n) is 20.5.